The molecule has 2 aromatic carbocycles. The number of thiazole rings is 1. The van der Waals surface area contributed by atoms with Gasteiger partial charge in [-0.05, 0) is 48.2 Å². The minimum absolute atomic E-state index is 0.144. The molecule has 218 valence electrons. The van der Waals surface area contributed by atoms with Crippen LogP contribution in [0.25, 0.3) is 0 Å². The Morgan fingerprint density at radius 1 is 0.902 bits per heavy atom. The molecule has 4 amide bonds. The molecule has 5 N–H and O–H groups in total. The number of amides is 4. The Bertz CT molecular complexity index is 1510. The van der Waals surface area contributed by atoms with Crippen molar-refractivity contribution in [3.8, 4) is 0 Å². The molecule has 0 atom stereocenters. The Hall–Kier alpha value is -4.70. The zero-order valence-electron chi connectivity index (χ0n) is 21.8. The lowest BCUT2D eigenvalue weighted by Crippen LogP contribution is -2.58. The largest absolute Gasteiger partial charge is 0.530 e. The minimum atomic E-state index is -3.34. The first kappa shape index (κ1) is 30.8. The van der Waals surface area contributed by atoms with Crippen LogP contribution >= 0.6 is 11.3 Å². The molecule has 1 heterocycles. The van der Waals surface area contributed by atoms with Gasteiger partial charge < -0.3 is 46.4 Å². The van der Waals surface area contributed by atoms with E-state index in [-0.39, 0.29) is 22.5 Å². The van der Waals surface area contributed by atoms with E-state index in [4.69, 9.17) is 0 Å². The molecule has 0 bridgehead atoms. The molecular weight excluding hydrogens is 576 g/mol. The van der Waals surface area contributed by atoms with Gasteiger partial charge in [0.25, 0.3) is 5.91 Å². The topological polar surface area (TPSA) is 222 Å². The maximum Gasteiger partial charge on any atom is 0.263 e. The fourth-order valence-electron chi connectivity index (χ4n) is 3.56. The van der Waals surface area contributed by atoms with Gasteiger partial charge in [0, 0.05) is 25.4 Å². The number of hydrogen-bond donors (Lipinski definition) is 5. The second kappa shape index (κ2) is 13.6. The number of anilines is 2. The quantitative estimate of drug-likeness (QED) is 0.171. The third-order valence-electron chi connectivity index (χ3n) is 5.43. The number of sulfone groups is 1. The van der Waals surface area contributed by atoms with E-state index in [2.05, 4.69) is 20.9 Å². The van der Waals surface area contributed by atoms with Crippen molar-refractivity contribution in [2.45, 2.75) is 37.5 Å². The molecule has 0 saturated heterocycles. The number of hydrogen-bond acceptors (Lipinski definition) is 11. The van der Waals surface area contributed by atoms with Crippen molar-refractivity contribution in [3.05, 3.63) is 70.2 Å². The molecule has 0 spiro atoms. The van der Waals surface area contributed by atoms with Gasteiger partial charge in [0.2, 0.25) is 5.91 Å². The summed E-state index contributed by atoms with van der Waals surface area (Å²) < 4.78 is 23.3. The number of rotatable bonds is 12. The number of nitrogens with zero attached hydrogens (tertiary/aromatic N) is 1. The molecule has 14 nitrogen and oxygen atoms in total. The maximum absolute atomic E-state index is 13.0. The van der Waals surface area contributed by atoms with E-state index in [1.165, 1.54) is 19.1 Å². The van der Waals surface area contributed by atoms with Gasteiger partial charge >= 0.3 is 0 Å². The first-order valence-corrected chi connectivity index (χ1v) is 14.7. The highest BCUT2D eigenvalue weighted by Gasteiger charge is 2.19. The van der Waals surface area contributed by atoms with E-state index in [0.29, 0.717) is 34.7 Å². The van der Waals surface area contributed by atoms with Crippen LogP contribution in [0.2, 0.25) is 0 Å². The molecule has 16 heteroatoms. The Balaban J connectivity index is 1.67. The van der Waals surface area contributed by atoms with Crippen LogP contribution in [0.1, 0.15) is 33.4 Å². The highest BCUT2D eigenvalue weighted by Crippen LogP contribution is 2.25. The van der Waals surface area contributed by atoms with Crippen LogP contribution in [0.3, 0.4) is 0 Å². The summed E-state index contributed by atoms with van der Waals surface area (Å²) in [5.41, 5.74) is 2.38. The van der Waals surface area contributed by atoms with E-state index in [9.17, 15) is 37.8 Å². The van der Waals surface area contributed by atoms with Crippen molar-refractivity contribution in [2.75, 3.05) is 16.9 Å². The first-order valence-electron chi connectivity index (χ1n) is 11.9. The van der Waals surface area contributed by atoms with Gasteiger partial charge in [0.15, 0.2) is 21.3 Å². The average molecular weight is 603 g/mol. The lowest BCUT2D eigenvalue weighted by molar-refractivity contribution is -0.255. The highest BCUT2D eigenvalue weighted by molar-refractivity contribution is 7.90. The Morgan fingerprint density at radius 2 is 1.49 bits per heavy atom. The zero-order valence-corrected chi connectivity index (χ0v) is 23.5. The molecule has 0 unspecified atom stereocenters. The zero-order chi connectivity index (χ0) is 30.2. The molecule has 0 aliphatic rings. The van der Waals surface area contributed by atoms with Crippen LogP contribution in [-0.4, -0.2) is 49.9 Å². The standard InChI is InChI=1S/C25H28N6O8S2/c1-14(32)27-23-29-19(20(40-23)21(33)26-13-16-5-10-18(11-6-16)41(2,38)39)12-7-15-3-8-17(9-4-15)28-22(30-24(34)35)31-25(36)37/h3-6,8-11,22,28,30-31H,7,12-13H2,1-2H3,(H,26,33)(H,34,35)(H,36,37)(H,27,29,32)/p-2. The second-order valence-electron chi connectivity index (χ2n) is 8.71. The molecule has 0 aliphatic carbocycles. The molecule has 0 radical (unpaired) electrons. The normalized spacial score (nSPS) is 11.0. The Kier molecular flexibility index (Phi) is 10.2. The predicted octanol–water partition coefficient (Wildman–Crippen LogP) is -0.218. The first-order chi connectivity index (χ1) is 19.3. The number of aryl methyl sites for hydroxylation is 2. The summed E-state index contributed by atoms with van der Waals surface area (Å²) in [6.45, 7) is 1.47. The number of carboxylic acid groups (broad SMARTS) is 2. The minimum Gasteiger partial charge on any atom is -0.530 e. The SMILES string of the molecule is CC(=O)Nc1nc(CCc2ccc(NC(NC(=O)[O-])NC(=O)[O-])cc2)c(C(=O)NCc2ccc(S(C)(=O)=O)cc2)s1. The third kappa shape index (κ3) is 9.77. The van der Waals surface area contributed by atoms with Gasteiger partial charge in [0.1, 0.15) is 17.1 Å². The molecular formula is C25H26N6O8S2-2. The molecule has 3 aromatic rings. The highest BCUT2D eigenvalue weighted by atomic mass is 32.2. The van der Waals surface area contributed by atoms with Crippen LogP contribution in [0.4, 0.5) is 20.4 Å². The Labute approximate surface area is 239 Å². The predicted molar refractivity (Wildman–Crippen MR) is 145 cm³/mol. The van der Waals surface area contributed by atoms with E-state index in [1.807, 2.05) is 10.6 Å². The van der Waals surface area contributed by atoms with Crippen LogP contribution in [0.15, 0.2) is 53.4 Å². The van der Waals surface area contributed by atoms with Crippen molar-refractivity contribution < 1.29 is 37.8 Å². The number of nitrogens with one attached hydrogen (secondary N) is 5. The molecule has 0 aliphatic heterocycles. The van der Waals surface area contributed by atoms with Gasteiger partial charge in [-0.25, -0.2) is 13.4 Å². The summed E-state index contributed by atoms with van der Waals surface area (Å²) in [4.78, 5) is 51.0. The van der Waals surface area contributed by atoms with Gasteiger partial charge in [-0.2, -0.15) is 0 Å². The molecule has 41 heavy (non-hydrogen) atoms. The van der Waals surface area contributed by atoms with Crippen LogP contribution in [0, 0.1) is 0 Å². The maximum atomic E-state index is 13.0. The molecule has 0 fully saturated rings. The number of carbonyl (C=O) groups excluding carboxylic acids is 4. The van der Waals surface area contributed by atoms with Crippen LogP contribution in [-0.2, 0) is 34.0 Å². The van der Waals surface area contributed by atoms with Crippen molar-refractivity contribution in [2.24, 2.45) is 0 Å². The fraction of sp³-hybridized carbons (Fsp3) is 0.240. The van der Waals surface area contributed by atoms with E-state index in [0.717, 1.165) is 23.2 Å². The van der Waals surface area contributed by atoms with Crippen LogP contribution < -0.4 is 36.8 Å². The van der Waals surface area contributed by atoms with Gasteiger partial charge in [-0.1, -0.05) is 35.6 Å². The van der Waals surface area contributed by atoms with Crippen LogP contribution in [0.5, 0.6) is 0 Å². The van der Waals surface area contributed by atoms with Crippen molar-refractivity contribution in [1.29, 1.82) is 0 Å². The summed E-state index contributed by atoms with van der Waals surface area (Å²) in [5, 5.41) is 33.5. The van der Waals surface area contributed by atoms with Crippen molar-refractivity contribution in [3.63, 3.8) is 0 Å². The second-order valence-corrected chi connectivity index (χ2v) is 11.7. The number of carbonyl (C=O) groups is 4. The summed E-state index contributed by atoms with van der Waals surface area (Å²) in [7, 11) is -3.34. The monoisotopic (exact) mass is 602 g/mol. The summed E-state index contributed by atoms with van der Waals surface area (Å²) in [5.74, 6) is -0.751. The average Bonchev–Trinajstić information content (AvgIpc) is 3.27. The van der Waals surface area contributed by atoms with E-state index < -0.39 is 34.2 Å². The van der Waals surface area contributed by atoms with E-state index >= 15 is 0 Å². The van der Waals surface area contributed by atoms with Crippen molar-refractivity contribution in [1.82, 2.24) is 20.9 Å². The molecule has 3 rings (SSSR count). The third-order valence-corrected chi connectivity index (χ3v) is 7.57. The van der Waals surface area contributed by atoms with Gasteiger partial charge in [-0.3, -0.25) is 9.59 Å². The summed E-state index contributed by atoms with van der Waals surface area (Å²) >= 11 is 1.03. The van der Waals surface area contributed by atoms with Gasteiger partial charge in [0.05, 0.1) is 10.6 Å². The fourth-order valence-corrected chi connectivity index (χ4v) is 5.17. The number of benzene rings is 2. The number of aromatic nitrogens is 1. The van der Waals surface area contributed by atoms with Crippen molar-refractivity contribution >= 4 is 56.0 Å². The summed E-state index contributed by atoms with van der Waals surface area (Å²) in [6, 6.07) is 12.8. The summed E-state index contributed by atoms with van der Waals surface area (Å²) in [6.07, 6.45) is -2.88. The lowest BCUT2D eigenvalue weighted by atomic mass is 10.1. The van der Waals surface area contributed by atoms with E-state index in [1.54, 1.807) is 36.4 Å². The molecule has 1 aromatic heterocycles. The molecule has 0 saturated carbocycles. The Morgan fingerprint density at radius 3 is 2.02 bits per heavy atom. The van der Waals surface area contributed by atoms with Gasteiger partial charge in [-0.15, -0.1) is 0 Å². The lowest BCUT2D eigenvalue weighted by Gasteiger charge is -2.24. The smallest absolute Gasteiger partial charge is 0.263 e.